The number of morpholine rings is 1. The van der Waals surface area contributed by atoms with Gasteiger partial charge in [-0.1, -0.05) is 18.2 Å². The fourth-order valence-corrected chi connectivity index (χ4v) is 4.73. The van der Waals surface area contributed by atoms with E-state index in [9.17, 15) is 4.79 Å². The van der Waals surface area contributed by atoms with Gasteiger partial charge in [0.05, 0.1) is 25.5 Å². The number of fused-ring (bicyclic) bond motifs is 1. The van der Waals surface area contributed by atoms with E-state index in [0.717, 1.165) is 79.8 Å². The highest BCUT2D eigenvalue weighted by molar-refractivity contribution is 5.95. The lowest BCUT2D eigenvalue weighted by Crippen LogP contribution is -2.46. The Labute approximate surface area is 189 Å². The van der Waals surface area contributed by atoms with E-state index >= 15 is 0 Å². The topological polar surface area (TPSA) is 65.0 Å². The predicted octanol–water partition coefficient (Wildman–Crippen LogP) is 1.57. The molecule has 1 aromatic carbocycles. The maximum atomic E-state index is 13.3. The SMILES string of the molecule is Cc1ccccc1C(=O)N1CCc2nc(N3CCOCC3)nc(N3CCN(C)CC3)c2C1. The fraction of sp³-hybridized carbons (Fsp3) is 0.542. The number of aryl methyl sites for hydroxylation is 1. The van der Waals surface area contributed by atoms with Gasteiger partial charge < -0.3 is 24.3 Å². The van der Waals surface area contributed by atoms with Crippen molar-refractivity contribution in [2.24, 2.45) is 0 Å². The van der Waals surface area contributed by atoms with Crippen molar-refractivity contribution in [3.05, 3.63) is 46.6 Å². The number of ether oxygens (including phenoxy) is 1. The molecule has 1 amide bonds. The molecule has 0 unspecified atom stereocenters. The van der Waals surface area contributed by atoms with Crippen LogP contribution in [0.2, 0.25) is 0 Å². The largest absolute Gasteiger partial charge is 0.378 e. The molecule has 0 radical (unpaired) electrons. The van der Waals surface area contributed by atoms with E-state index in [-0.39, 0.29) is 5.91 Å². The van der Waals surface area contributed by atoms with Crippen molar-refractivity contribution < 1.29 is 9.53 Å². The molecule has 2 fully saturated rings. The van der Waals surface area contributed by atoms with E-state index in [4.69, 9.17) is 14.7 Å². The molecule has 0 spiro atoms. The highest BCUT2D eigenvalue weighted by atomic mass is 16.5. The third-order valence-electron chi connectivity index (χ3n) is 6.79. The highest BCUT2D eigenvalue weighted by Crippen LogP contribution is 2.31. The number of hydrogen-bond acceptors (Lipinski definition) is 7. The maximum absolute atomic E-state index is 13.3. The van der Waals surface area contributed by atoms with Crippen molar-refractivity contribution in [1.82, 2.24) is 19.8 Å². The second kappa shape index (κ2) is 9.03. The Bertz CT molecular complexity index is 982. The van der Waals surface area contributed by atoms with Gasteiger partial charge in [0.1, 0.15) is 5.82 Å². The molecular formula is C24H32N6O2. The number of carbonyl (C=O) groups is 1. The van der Waals surface area contributed by atoms with Crippen LogP contribution in [0.3, 0.4) is 0 Å². The molecule has 2 aromatic rings. The van der Waals surface area contributed by atoms with Crippen LogP contribution in [0.5, 0.6) is 0 Å². The van der Waals surface area contributed by atoms with Gasteiger partial charge in [-0.3, -0.25) is 4.79 Å². The molecule has 4 heterocycles. The Hall–Kier alpha value is -2.71. The lowest BCUT2D eigenvalue weighted by Gasteiger charge is -2.38. The summed E-state index contributed by atoms with van der Waals surface area (Å²) in [6.45, 7) is 10.2. The van der Waals surface area contributed by atoms with Crippen LogP contribution in [-0.2, 0) is 17.7 Å². The molecule has 0 bridgehead atoms. The minimum Gasteiger partial charge on any atom is -0.378 e. The Morgan fingerprint density at radius 1 is 0.938 bits per heavy atom. The van der Waals surface area contributed by atoms with Crippen LogP contribution >= 0.6 is 0 Å². The summed E-state index contributed by atoms with van der Waals surface area (Å²) in [7, 11) is 2.16. The molecule has 0 saturated carbocycles. The number of piperazine rings is 1. The van der Waals surface area contributed by atoms with Gasteiger partial charge in [-0.2, -0.15) is 4.98 Å². The van der Waals surface area contributed by atoms with Gasteiger partial charge in [-0.15, -0.1) is 0 Å². The number of anilines is 2. The number of rotatable bonds is 3. The number of likely N-dealkylation sites (N-methyl/N-ethyl adjacent to an activating group) is 1. The molecule has 0 atom stereocenters. The van der Waals surface area contributed by atoms with Gasteiger partial charge in [-0.25, -0.2) is 4.98 Å². The van der Waals surface area contributed by atoms with Gasteiger partial charge in [-0.05, 0) is 25.6 Å². The van der Waals surface area contributed by atoms with E-state index in [2.05, 4.69) is 21.7 Å². The number of aromatic nitrogens is 2. The second-order valence-corrected chi connectivity index (χ2v) is 8.95. The highest BCUT2D eigenvalue weighted by Gasteiger charge is 2.30. The summed E-state index contributed by atoms with van der Waals surface area (Å²) in [5.74, 6) is 1.90. The van der Waals surface area contributed by atoms with Crippen LogP contribution < -0.4 is 9.80 Å². The quantitative estimate of drug-likeness (QED) is 0.724. The second-order valence-electron chi connectivity index (χ2n) is 8.95. The van der Waals surface area contributed by atoms with E-state index in [1.165, 1.54) is 0 Å². The molecule has 8 nitrogen and oxygen atoms in total. The fourth-order valence-electron chi connectivity index (χ4n) is 4.73. The smallest absolute Gasteiger partial charge is 0.254 e. The molecule has 0 N–H and O–H groups in total. The van der Waals surface area contributed by atoms with Crippen molar-refractivity contribution in [3.8, 4) is 0 Å². The molecule has 8 heteroatoms. The summed E-state index contributed by atoms with van der Waals surface area (Å²) in [5, 5.41) is 0. The monoisotopic (exact) mass is 436 g/mol. The maximum Gasteiger partial charge on any atom is 0.254 e. The average molecular weight is 437 g/mol. The molecule has 2 saturated heterocycles. The zero-order valence-corrected chi connectivity index (χ0v) is 19.1. The Kier molecular flexibility index (Phi) is 5.97. The van der Waals surface area contributed by atoms with Crippen molar-refractivity contribution >= 4 is 17.7 Å². The summed E-state index contributed by atoms with van der Waals surface area (Å²) in [5.41, 5.74) is 3.99. The standard InChI is InChI=1S/C24H32N6O2/c1-18-5-3-4-6-19(18)23(31)30-8-7-21-20(17-30)22(28-11-9-27(2)10-12-28)26-24(25-21)29-13-15-32-16-14-29/h3-6H,7-17H2,1-2H3. The number of amides is 1. The average Bonchev–Trinajstić information content (AvgIpc) is 2.84. The summed E-state index contributed by atoms with van der Waals surface area (Å²) < 4.78 is 5.53. The molecule has 0 aliphatic carbocycles. The first-order valence-electron chi connectivity index (χ1n) is 11.6. The summed E-state index contributed by atoms with van der Waals surface area (Å²) in [4.78, 5) is 32.3. The van der Waals surface area contributed by atoms with Crippen LogP contribution in [0.15, 0.2) is 24.3 Å². The van der Waals surface area contributed by atoms with Crippen LogP contribution in [0.25, 0.3) is 0 Å². The van der Waals surface area contributed by atoms with Crippen LogP contribution in [-0.4, -0.2) is 91.7 Å². The van der Waals surface area contributed by atoms with Crippen molar-refractivity contribution in [2.45, 2.75) is 19.9 Å². The van der Waals surface area contributed by atoms with E-state index < -0.39 is 0 Å². The Balaban J connectivity index is 1.48. The Morgan fingerprint density at radius 3 is 2.44 bits per heavy atom. The van der Waals surface area contributed by atoms with Crippen molar-refractivity contribution in [3.63, 3.8) is 0 Å². The minimum atomic E-state index is 0.0929. The van der Waals surface area contributed by atoms with Gasteiger partial charge >= 0.3 is 0 Å². The lowest BCUT2D eigenvalue weighted by molar-refractivity contribution is 0.0732. The summed E-state index contributed by atoms with van der Waals surface area (Å²) in [6, 6.07) is 7.83. The number of nitrogens with zero attached hydrogens (tertiary/aromatic N) is 6. The molecule has 3 aliphatic heterocycles. The normalized spacial score (nSPS) is 19.8. The lowest BCUT2D eigenvalue weighted by atomic mass is 10.0. The van der Waals surface area contributed by atoms with Crippen LogP contribution in [0.4, 0.5) is 11.8 Å². The Morgan fingerprint density at radius 2 is 1.69 bits per heavy atom. The van der Waals surface area contributed by atoms with E-state index in [1.54, 1.807) is 0 Å². The first kappa shape index (κ1) is 21.2. The van der Waals surface area contributed by atoms with Gasteiger partial charge in [0.25, 0.3) is 5.91 Å². The number of benzene rings is 1. The third kappa shape index (κ3) is 4.17. The van der Waals surface area contributed by atoms with E-state index in [0.29, 0.717) is 26.3 Å². The van der Waals surface area contributed by atoms with Gasteiger partial charge in [0, 0.05) is 63.4 Å². The van der Waals surface area contributed by atoms with Crippen LogP contribution in [0, 0.1) is 6.92 Å². The molecule has 170 valence electrons. The number of carbonyl (C=O) groups excluding carboxylic acids is 1. The van der Waals surface area contributed by atoms with Crippen molar-refractivity contribution in [1.29, 1.82) is 0 Å². The molecular weight excluding hydrogens is 404 g/mol. The van der Waals surface area contributed by atoms with Crippen LogP contribution in [0.1, 0.15) is 27.2 Å². The molecule has 1 aromatic heterocycles. The summed E-state index contributed by atoms with van der Waals surface area (Å²) >= 11 is 0. The molecule has 32 heavy (non-hydrogen) atoms. The minimum absolute atomic E-state index is 0.0929. The number of hydrogen-bond donors (Lipinski definition) is 0. The van der Waals surface area contributed by atoms with Gasteiger partial charge in [0.15, 0.2) is 0 Å². The zero-order chi connectivity index (χ0) is 22.1. The molecule has 3 aliphatic rings. The molecule has 5 rings (SSSR count). The van der Waals surface area contributed by atoms with E-state index in [1.807, 2.05) is 36.1 Å². The first-order chi connectivity index (χ1) is 15.6. The van der Waals surface area contributed by atoms with Gasteiger partial charge in [0.2, 0.25) is 5.95 Å². The zero-order valence-electron chi connectivity index (χ0n) is 19.1. The van der Waals surface area contributed by atoms with Crippen molar-refractivity contribution in [2.75, 3.05) is 75.9 Å². The summed E-state index contributed by atoms with van der Waals surface area (Å²) in [6.07, 6.45) is 0.757. The first-order valence-corrected chi connectivity index (χ1v) is 11.6. The third-order valence-corrected chi connectivity index (χ3v) is 6.79. The predicted molar refractivity (Wildman–Crippen MR) is 124 cm³/mol.